The largest absolute Gasteiger partial charge is 0.481 e. The first kappa shape index (κ1) is 18.3. The van der Waals surface area contributed by atoms with E-state index in [1.807, 2.05) is 0 Å². The second-order valence-corrected chi connectivity index (χ2v) is 7.88. The summed E-state index contributed by atoms with van der Waals surface area (Å²) in [5.41, 5.74) is 0.867. The third kappa shape index (κ3) is 4.95. The van der Waals surface area contributed by atoms with Crippen molar-refractivity contribution in [3.05, 3.63) is 24.3 Å². The van der Waals surface area contributed by atoms with Crippen molar-refractivity contribution in [2.75, 3.05) is 15.8 Å². The van der Waals surface area contributed by atoms with Crippen molar-refractivity contribution in [3.8, 4) is 0 Å². The third-order valence-electron chi connectivity index (χ3n) is 4.03. The standard InChI is InChI=1S/C16H22N2O5S/c1-2-8-24(22,23)18-14-5-3-4-13(10-14)17-15(19)11-6-7-12(9-11)16(20)21/h3-5,10-12,18H,2,6-9H2,1H3,(H,17,19)(H,20,21)/t11-,12+/m1/s1. The van der Waals surface area contributed by atoms with Gasteiger partial charge in [-0.15, -0.1) is 0 Å². The molecule has 0 bridgehead atoms. The maximum Gasteiger partial charge on any atom is 0.306 e. The van der Waals surface area contributed by atoms with Crippen LogP contribution in [0, 0.1) is 11.8 Å². The molecule has 1 aliphatic carbocycles. The lowest BCUT2D eigenvalue weighted by molar-refractivity contribution is -0.141. The van der Waals surface area contributed by atoms with Crippen LogP contribution in [0.4, 0.5) is 11.4 Å². The van der Waals surface area contributed by atoms with E-state index in [0.717, 1.165) is 0 Å². The first-order valence-corrected chi connectivity index (χ1v) is 9.60. The zero-order valence-electron chi connectivity index (χ0n) is 13.5. The van der Waals surface area contributed by atoms with Gasteiger partial charge in [0.05, 0.1) is 17.4 Å². The molecule has 0 unspecified atom stereocenters. The van der Waals surface area contributed by atoms with Crippen LogP contribution in [0.2, 0.25) is 0 Å². The topological polar surface area (TPSA) is 113 Å². The van der Waals surface area contributed by atoms with Crippen molar-refractivity contribution in [1.82, 2.24) is 0 Å². The number of hydrogen-bond donors (Lipinski definition) is 3. The van der Waals surface area contributed by atoms with Gasteiger partial charge >= 0.3 is 5.97 Å². The average Bonchev–Trinajstić information content (AvgIpc) is 2.97. The van der Waals surface area contributed by atoms with Gasteiger partial charge in [0, 0.05) is 11.6 Å². The van der Waals surface area contributed by atoms with Gasteiger partial charge in [-0.25, -0.2) is 8.42 Å². The molecule has 2 rings (SSSR count). The molecule has 1 amide bonds. The number of hydrogen-bond acceptors (Lipinski definition) is 4. The minimum Gasteiger partial charge on any atom is -0.481 e. The van der Waals surface area contributed by atoms with Crippen LogP contribution in [0.15, 0.2) is 24.3 Å². The lowest BCUT2D eigenvalue weighted by Gasteiger charge is -2.12. The molecule has 1 fully saturated rings. The number of benzene rings is 1. The fourth-order valence-electron chi connectivity index (χ4n) is 2.85. The van der Waals surface area contributed by atoms with Crippen molar-refractivity contribution >= 4 is 33.3 Å². The van der Waals surface area contributed by atoms with Gasteiger partial charge in [0.15, 0.2) is 0 Å². The quantitative estimate of drug-likeness (QED) is 0.695. The number of nitrogens with one attached hydrogen (secondary N) is 2. The molecule has 0 aromatic heterocycles. The number of rotatable bonds is 7. The molecule has 0 aliphatic heterocycles. The maximum atomic E-state index is 12.2. The van der Waals surface area contributed by atoms with Crippen LogP contribution in [0.25, 0.3) is 0 Å². The van der Waals surface area contributed by atoms with Gasteiger partial charge < -0.3 is 10.4 Å². The van der Waals surface area contributed by atoms with Gasteiger partial charge in [0.25, 0.3) is 0 Å². The van der Waals surface area contributed by atoms with E-state index in [4.69, 9.17) is 5.11 Å². The molecule has 1 aliphatic rings. The number of carboxylic acids is 1. The Hall–Kier alpha value is -2.09. The highest BCUT2D eigenvalue weighted by Crippen LogP contribution is 2.32. The van der Waals surface area contributed by atoms with Gasteiger partial charge in [0.2, 0.25) is 15.9 Å². The zero-order chi connectivity index (χ0) is 17.7. The summed E-state index contributed by atoms with van der Waals surface area (Å²) in [6, 6.07) is 6.47. The Bertz CT molecular complexity index is 717. The Labute approximate surface area is 141 Å². The summed E-state index contributed by atoms with van der Waals surface area (Å²) in [6.07, 6.45) is 1.90. The van der Waals surface area contributed by atoms with E-state index < -0.39 is 21.9 Å². The number of amides is 1. The summed E-state index contributed by atoms with van der Waals surface area (Å²) in [4.78, 5) is 23.2. The number of aliphatic carboxylic acids is 1. The molecule has 1 saturated carbocycles. The monoisotopic (exact) mass is 354 g/mol. The molecule has 0 heterocycles. The Morgan fingerprint density at radius 3 is 2.50 bits per heavy atom. The molecule has 2 atom stereocenters. The Kier molecular flexibility index (Phi) is 5.82. The summed E-state index contributed by atoms with van der Waals surface area (Å²) in [6.45, 7) is 1.78. The van der Waals surface area contributed by atoms with E-state index >= 15 is 0 Å². The van der Waals surface area contributed by atoms with Crippen molar-refractivity contribution < 1.29 is 23.1 Å². The normalized spacial score (nSPS) is 20.5. The smallest absolute Gasteiger partial charge is 0.306 e. The summed E-state index contributed by atoms with van der Waals surface area (Å²) < 4.78 is 26.0. The highest BCUT2D eigenvalue weighted by molar-refractivity contribution is 7.92. The van der Waals surface area contributed by atoms with Crippen LogP contribution in [-0.2, 0) is 19.6 Å². The van der Waals surface area contributed by atoms with Gasteiger partial charge in [-0.3, -0.25) is 14.3 Å². The lowest BCUT2D eigenvalue weighted by Crippen LogP contribution is -2.22. The van der Waals surface area contributed by atoms with Crippen molar-refractivity contribution in [3.63, 3.8) is 0 Å². The van der Waals surface area contributed by atoms with E-state index in [1.54, 1.807) is 31.2 Å². The van der Waals surface area contributed by atoms with Crippen molar-refractivity contribution in [2.45, 2.75) is 32.6 Å². The predicted octanol–water partition coefficient (Wildman–Crippen LogP) is 2.28. The molecule has 0 spiro atoms. The van der Waals surface area contributed by atoms with E-state index in [0.29, 0.717) is 37.1 Å². The Balaban J connectivity index is 1.99. The van der Waals surface area contributed by atoms with E-state index in [-0.39, 0.29) is 17.6 Å². The first-order valence-electron chi connectivity index (χ1n) is 7.95. The van der Waals surface area contributed by atoms with Crippen LogP contribution < -0.4 is 10.0 Å². The number of carboxylic acid groups (broad SMARTS) is 1. The number of sulfonamides is 1. The molecule has 24 heavy (non-hydrogen) atoms. The molecular weight excluding hydrogens is 332 g/mol. The van der Waals surface area contributed by atoms with Gasteiger partial charge in [0.1, 0.15) is 0 Å². The predicted molar refractivity (Wildman–Crippen MR) is 91.2 cm³/mol. The second kappa shape index (κ2) is 7.65. The first-order chi connectivity index (χ1) is 11.3. The molecule has 7 nitrogen and oxygen atoms in total. The fraction of sp³-hybridized carbons (Fsp3) is 0.500. The molecule has 3 N–H and O–H groups in total. The van der Waals surface area contributed by atoms with Crippen molar-refractivity contribution in [1.29, 1.82) is 0 Å². The minimum absolute atomic E-state index is 0.0300. The highest BCUT2D eigenvalue weighted by atomic mass is 32.2. The maximum absolute atomic E-state index is 12.2. The molecule has 0 radical (unpaired) electrons. The van der Waals surface area contributed by atoms with Crippen LogP contribution >= 0.6 is 0 Å². The summed E-state index contributed by atoms with van der Waals surface area (Å²) in [5, 5.41) is 11.7. The fourth-order valence-corrected chi connectivity index (χ4v) is 3.97. The van der Waals surface area contributed by atoms with E-state index in [2.05, 4.69) is 10.0 Å². The van der Waals surface area contributed by atoms with Crippen LogP contribution in [-0.4, -0.2) is 31.2 Å². The third-order valence-corrected chi connectivity index (χ3v) is 5.52. The molecule has 0 saturated heterocycles. The second-order valence-electron chi connectivity index (χ2n) is 6.04. The lowest BCUT2D eigenvalue weighted by atomic mass is 10.0. The van der Waals surface area contributed by atoms with Gasteiger partial charge in [-0.1, -0.05) is 13.0 Å². The number of carbonyl (C=O) groups is 2. The number of carbonyl (C=O) groups excluding carboxylic acids is 1. The van der Waals surface area contributed by atoms with Gasteiger partial charge in [-0.05, 0) is 43.9 Å². The molecular formula is C16H22N2O5S. The summed E-state index contributed by atoms with van der Waals surface area (Å²) >= 11 is 0. The summed E-state index contributed by atoms with van der Waals surface area (Å²) in [5.74, 6) is -1.85. The number of anilines is 2. The Morgan fingerprint density at radius 2 is 1.88 bits per heavy atom. The molecule has 132 valence electrons. The van der Waals surface area contributed by atoms with Crippen LogP contribution in [0.1, 0.15) is 32.6 Å². The average molecular weight is 354 g/mol. The SMILES string of the molecule is CCCS(=O)(=O)Nc1cccc(NC(=O)[C@@H]2CC[C@H](C(=O)O)C2)c1. The highest BCUT2D eigenvalue weighted by Gasteiger charge is 2.33. The van der Waals surface area contributed by atoms with E-state index in [9.17, 15) is 18.0 Å². The van der Waals surface area contributed by atoms with Gasteiger partial charge in [-0.2, -0.15) is 0 Å². The summed E-state index contributed by atoms with van der Waals surface area (Å²) in [7, 11) is -3.39. The molecule has 1 aromatic rings. The van der Waals surface area contributed by atoms with Crippen molar-refractivity contribution in [2.24, 2.45) is 11.8 Å². The van der Waals surface area contributed by atoms with Crippen LogP contribution in [0.5, 0.6) is 0 Å². The van der Waals surface area contributed by atoms with Crippen LogP contribution in [0.3, 0.4) is 0 Å². The minimum atomic E-state index is -3.39. The Morgan fingerprint density at radius 1 is 1.21 bits per heavy atom. The zero-order valence-corrected chi connectivity index (χ0v) is 14.3. The molecule has 1 aromatic carbocycles. The van der Waals surface area contributed by atoms with E-state index in [1.165, 1.54) is 0 Å². The molecule has 8 heteroatoms.